The SMILES string of the molecule is O=C(NNS(=O)c1ccccc1)c1cccc(-c2ccccc2)n1. The Morgan fingerprint density at radius 2 is 1.50 bits per heavy atom. The largest absolute Gasteiger partial charge is 0.284 e. The Morgan fingerprint density at radius 1 is 0.833 bits per heavy atom. The van der Waals surface area contributed by atoms with Crippen LogP contribution in [0.2, 0.25) is 0 Å². The molecule has 5 nitrogen and oxygen atoms in total. The molecule has 0 bridgehead atoms. The maximum absolute atomic E-state index is 12.2. The van der Waals surface area contributed by atoms with Crippen LogP contribution in [-0.2, 0) is 11.0 Å². The fourth-order valence-corrected chi connectivity index (χ4v) is 2.80. The highest BCUT2D eigenvalue weighted by Gasteiger charge is 2.10. The number of amides is 1. The first-order valence-electron chi connectivity index (χ1n) is 7.29. The molecule has 1 heterocycles. The molecular weight excluding hydrogens is 322 g/mol. The lowest BCUT2D eigenvalue weighted by Gasteiger charge is -2.07. The minimum absolute atomic E-state index is 0.244. The van der Waals surface area contributed by atoms with Crippen LogP contribution in [0.25, 0.3) is 11.3 Å². The summed E-state index contributed by atoms with van der Waals surface area (Å²) in [6, 6.07) is 23.6. The third-order valence-electron chi connectivity index (χ3n) is 3.27. The van der Waals surface area contributed by atoms with Crippen LogP contribution in [0.1, 0.15) is 10.5 Å². The van der Waals surface area contributed by atoms with Crippen LogP contribution in [0.4, 0.5) is 0 Å². The first kappa shape index (κ1) is 16.0. The lowest BCUT2D eigenvalue weighted by Crippen LogP contribution is -2.38. The monoisotopic (exact) mass is 337 g/mol. The molecule has 0 spiro atoms. The molecule has 3 aromatic rings. The molecule has 1 aromatic heterocycles. The number of hydrazine groups is 1. The Balaban J connectivity index is 1.68. The second kappa shape index (κ2) is 7.63. The van der Waals surface area contributed by atoms with Crippen molar-refractivity contribution < 1.29 is 9.00 Å². The van der Waals surface area contributed by atoms with Gasteiger partial charge in [0.25, 0.3) is 5.91 Å². The standard InChI is InChI=1S/C18H15N3O2S/c22-18(20-21-24(23)15-10-5-2-6-11-15)17-13-7-12-16(19-17)14-8-3-1-4-9-14/h1-13,21H,(H,20,22). The smallest absolute Gasteiger partial charge is 0.274 e. The fourth-order valence-electron chi connectivity index (χ4n) is 2.09. The van der Waals surface area contributed by atoms with Crippen LogP contribution >= 0.6 is 0 Å². The molecule has 3 rings (SSSR count). The molecular formula is C18H15N3O2S. The number of pyridine rings is 1. The predicted octanol–water partition coefficient (Wildman–Crippen LogP) is 2.71. The highest BCUT2D eigenvalue weighted by atomic mass is 32.2. The molecule has 1 atom stereocenters. The molecule has 2 aromatic carbocycles. The number of carbonyl (C=O) groups is 1. The van der Waals surface area contributed by atoms with Crippen molar-refractivity contribution in [1.29, 1.82) is 0 Å². The summed E-state index contributed by atoms with van der Waals surface area (Å²) >= 11 is 0. The number of carbonyl (C=O) groups excluding carboxylic acids is 1. The fraction of sp³-hybridized carbons (Fsp3) is 0. The third kappa shape index (κ3) is 3.92. The van der Waals surface area contributed by atoms with Crippen LogP contribution in [-0.4, -0.2) is 15.1 Å². The molecule has 0 fully saturated rings. The van der Waals surface area contributed by atoms with Gasteiger partial charge in [0, 0.05) is 5.56 Å². The topological polar surface area (TPSA) is 71.1 Å². The number of benzene rings is 2. The van der Waals surface area contributed by atoms with Crippen molar-refractivity contribution in [1.82, 2.24) is 15.2 Å². The first-order chi connectivity index (χ1) is 11.7. The van der Waals surface area contributed by atoms with Gasteiger partial charge in [-0.15, -0.1) is 4.83 Å². The summed E-state index contributed by atoms with van der Waals surface area (Å²) in [6.07, 6.45) is 0. The Bertz CT molecular complexity index is 854. The summed E-state index contributed by atoms with van der Waals surface area (Å²) in [7, 11) is -1.53. The van der Waals surface area contributed by atoms with Crippen LogP contribution in [0.15, 0.2) is 83.8 Å². The maximum atomic E-state index is 12.2. The summed E-state index contributed by atoms with van der Waals surface area (Å²) in [5, 5.41) is 0. The van der Waals surface area contributed by atoms with Crippen molar-refractivity contribution in [2.45, 2.75) is 4.90 Å². The van der Waals surface area contributed by atoms with E-state index in [1.807, 2.05) is 42.5 Å². The molecule has 2 N–H and O–H groups in total. The minimum atomic E-state index is -1.53. The molecule has 24 heavy (non-hydrogen) atoms. The summed E-state index contributed by atoms with van der Waals surface area (Å²) in [4.78, 5) is 19.6. The second-order valence-electron chi connectivity index (χ2n) is 4.91. The van der Waals surface area contributed by atoms with Gasteiger partial charge in [0.1, 0.15) is 16.7 Å². The van der Waals surface area contributed by atoms with Crippen molar-refractivity contribution in [2.24, 2.45) is 0 Å². The Labute approximate surface area is 142 Å². The molecule has 1 amide bonds. The van der Waals surface area contributed by atoms with Gasteiger partial charge in [0.15, 0.2) is 0 Å². The Kier molecular flexibility index (Phi) is 5.10. The number of rotatable bonds is 5. The summed E-state index contributed by atoms with van der Waals surface area (Å²) in [5.41, 5.74) is 4.29. The van der Waals surface area contributed by atoms with Gasteiger partial charge in [-0.3, -0.25) is 10.2 Å². The Morgan fingerprint density at radius 3 is 2.21 bits per heavy atom. The van der Waals surface area contributed by atoms with Gasteiger partial charge < -0.3 is 0 Å². The number of aromatic nitrogens is 1. The van der Waals surface area contributed by atoms with Gasteiger partial charge in [-0.1, -0.05) is 54.6 Å². The van der Waals surface area contributed by atoms with Crippen LogP contribution in [0, 0.1) is 0 Å². The zero-order valence-corrected chi connectivity index (χ0v) is 13.5. The van der Waals surface area contributed by atoms with E-state index >= 15 is 0 Å². The van der Waals surface area contributed by atoms with E-state index in [9.17, 15) is 9.00 Å². The van der Waals surface area contributed by atoms with E-state index < -0.39 is 16.9 Å². The molecule has 120 valence electrons. The van der Waals surface area contributed by atoms with Gasteiger partial charge in [-0.05, 0) is 24.3 Å². The van der Waals surface area contributed by atoms with E-state index in [1.165, 1.54) is 0 Å². The normalized spacial score (nSPS) is 11.7. The van der Waals surface area contributed by atoms with Crippen LogP contribution in [0.5, 0.6) is 0 Å². The van der Waals surface area contributed by atoms with Gasteiger partial charge in [-0.25, -0.2) is 9.19 Å². The first-order valence-corrected chi connectivity index (χ1v) is 8.44. The van der Waals surface area contributed by atoms with Gasteiger partial charge >= 0.3 is 0 Å². The van der Waals surface area contributed by atoms with E-state index in [0.717, 1.165) is 5.56 Å². The molecule has 6 heteroatoms. The quantitative estimate of drug-likeness (QED) is 0.703. The van der Waals surface area contributed by atoms with Crippen molar-refractivity contribution in [3.05, 3.63) is 84.6 Å². The zero-order valence-electron chi connectivity index (χ0n) is 12.7. The van der Waals surface area contributed by atoms with E-state index in [1.54, 1.807) is 36.4 Å². The Hall–Kier alpha value is -2.83. The van der Waals surface area contributed by atoms with Gasteiger partial charge in [0.2, 0.25) is 0 Å². The van der Waals surface area contributed by atoms with Crippen molar-refractivity contribution in [2.75, 3.05) is 0 Å². The molecule has 0 radical (unpaired) electrons. The number of nitrogens with one attached hydrogen (secondary N) is 2. The van der Waals surface area contributed by atoms with E-state index in [4.69, 9.17) is 0 Å². The van der Waals surface area contributed by atoms with Crippen LogP contribution < -0.4 is 10.3 Å². The molecule has 0 saturated heterocycles. The van der Waals surface area contributed by atoms with Crippen molar-refractivity contribution in [3.8, 4) is 11.3 Å². The zero-order chi connectivity index (χ0) is 16.8. The second-order valence-corrected chi connectivity index (χ2v) is 6.13. The molecule has 0 aliphatic heterocycles. The third-order valence-corrected chi connectivity index (χ3v) is 4.25. The number of nitrogens with zero attached hydrogens (tertiary/aromatic N) is 1. The highest BCUT2D eigenvalue weighted by molar-refractivity contribution is 7.83. The molecule has 1 unspecified atom stereocenters. The lowest BCUT2D eigenvalue weighted by atomic mass is 10.1. The number of hydrogen-bond acceptors (Lipinski definition) is 3. The average Bonchev–Trinajstić information content (AvgIpc) is 2.67. The van der Waals surface area contributed by atoms with E-state index in [2.05, 4.69) is 15.2 Å². The predicted molar refractivity (Wildman–Crippen MR) is 93.1 cm³/mol. The highest BCUT2D eigenvalue weighted by Crippen LogP contribution is 2.16. The maximum Gasteiger partial charge on any atom is 0.284 e. The summed E-state index contributed by atoms with van der Waals surface area (Å²) < 4.78 is 12.0. The summed E-state index contributed by atoms with van der Waals surface area (Å²) in [6.45, 7) is 0. The molecule has 0 aliphatic carbocycles. The average molecular weight is 337 g/mol. The lowest BCUT2D eigenvalue weighted by molar-refractivity contribution is 0.0941. The van der Waals surface area contributed by atoms with Crippen molar-refractivity contribution >= 4 is 16.9 Å². The number of hydrogen-bond donors (Lipinski definition) is 2. The summed E-state index contributed by atoms with van der Waals surface area (Å²) in [5.74, 6) is -0.447. The van der Waals surface area contributed by atoms with Gasteiger partial charge in [0.05, 0.1) is 10.6 Å². The molecule has 0 saturated carbocycles. The van der Waals surface area contributed by atoms with E-state index in [0.29, 0.717) is 10.6 Å². The van der Waals surface area contributed by atoms with Gasteiger partial charge in [-0.2, -0.15) is 0 Å². The van der Waals surface area contributed by atoms with E-state index in [-0.39, 0.29) is 5.69 Å². The van der Waals surface area contributed by atoms with Crippen molar-refractivity contribution in [3.63, 3.8) is 0 Å². The molecule has 0 aliphatic rings. The minimum Gasteiger partial charge on any atom is -0.274 e. The van der Waals surface area contributed by atoms with Crippen LogP contribution in [0.3, 0.4) is 0 Å².